The first-order valence-electron chi connectivity index (χ1n) is 28.4. The molecule has 0 bridgehead atoms. The van der Waals surface area contributed by atoms with E-state index in [4.69, 9.17) is 37.5 Å². The molecule has 0 aromatic carbocycles. The first kappa shape index (κ1) is 68.7. The van der Waals surface area contributed by atoms with Gasteiger partial charge in [0.1, 0.15) is 92.1 Å². The molecule has 16 unspecified atom stereocenters. The quantitative estimate of drug-likeness (QED) is 0.0238. The van der Waals surface area contributed by atoms with Crippen molar-refractivity contribution in [3.8, 4) is 0 Å². The minimum absolute atomic E-state index is 0.0252. The van der Waals surface area contributed by atoms with E-state index >= 15 is 0 Å². The van der Waals surface area contributed by atoms with Gasteiger partial charge in [-0.15, -0.1) is 0 Å². The van der Waals surface area contributed by atoms with Crippen LogP contribution < -0.4 is 0 Å². The predicted octanol–water partition coefficient (Wildman–Crippen LogP) is 2.98. The summed E-state index contributed by atoms with van der Waals surface area (Å²) < 4.78 is 58.0. The van der Waals surface area contributed by atoms with Crippen LogP contribution in [-0.2, 0) is 51.6 Å². The van der Waals surface area contributed by atoms with Crippen LogP contribution in [0.3, 0.4) is 0 Å². The molecule has 12 N–H and O–H groups in total. The molecule has 0 aromatic heterocycles. The molecule has 3 aliphatic rings. The average molecular weight is 1120 g/mol. The number of carbonyl (C=O) groups is 2. The molecule has 76 heavy (non-hydrogen) atoms. The van der Waals surface area contributed by atoms with Gasteiger partial charge in [0.15, 0.2) is 18.7 Å². The van der Waals surface area contributed by atoms with E-state index in [1.54, 1.807) is 0 Å². The summed E-state index contributed by atoms with van der Waals surface area (Å²) in [6.07, 6.45) is -7.51. The van der Waals surface area contributed by atoms with Crippen molar-refractivity contribution in [3.63, 3.8) is 0 Å². The molecule has 16 atom stereocenters. The smallest absolute Gasteiger partial charge is 0.462 e. The van der Waals surface area contributed by atoms with E-state index in [0.29, 0.717) is 12.8 Å². The molecule has 24 heteroatoms. The normalized spacial score (nSPS) is 32.2. The Balaban J connectivity index is 1.73. The maximum Gasteiger partial charge on any atom is 0.472 e. The molecule has 0 aromatic rings. The van der Waals surface area contributed by atoms with Crippen LogP contribution in [0.5, 0.6) is 0 Å². The Labute approximate surface area is 449 Å². The van der Waals surface area contributed by atoms with Crippen LogP contribution in [0.15, 0.2) is 0 Å². The Hall–Kier alpha value is -1.55. The number of carbonyl (C=O) groups excluding carboxylic acids is 2. The van der Waals surface area contributed by atoms with Crippen LogP contribution in [0.1, 0.15) is 187 Å². The highest BCUT2D eigenvalue weighted by Gasteiger charge is 2.58. The van der Waals surface area contributed by atoms with Crippen molar-refractivity contribution in [1.82, 2.24) is 0 Å². The molecule has 0 radical (unpaired) electrons. The van der Waals surface area contributed by atoms with E-state index < -0.39 is 150 Å². The maximum absolute atomic E-state index is 14.0. The fourth-order valence-corrected chi connectivity index (χ4v) is 10.6. The van der Waals surface area contributed by atoms with Crippen molar-refractivity contribution < 1.29 is 113 Å². The third-order valence-corrected chi connectivity index (χ3v) is 15.4. The largest absolute Gasteiger partial charge is 0.472 e. The van der Waals surface area contributed by atoms with E-state index in [9.17, 15) is 75.2 Å². The molecular formula is C52H97O23P. The molecule has 0 spiro atoms. The maximum atomic E-state index is 14.0. The van der Waals surface area contributed by atoms with Gasteiger partial charge in [0.25, 0.3) is 0 Å². The van der Waals surface area contributed by atoms with Gasteiger partial charge in [0.05, 0.1) is 19.8 Å². The topological polar surface area (TPSA) is 368 Å². The van der Waals surface area contributed by atoms with Gasteiger partial charge in [-0.25, -0.2) is 4.57 Å². The second-order valence-corrected chi connectivity index (χ2v) is 22.2. The van der Waals surface area contributed by atoms with Gasteiger partial charge in [0, 0.05) is 12.8 Å². The lowest BCUT2D eigenvalue weighted by molar-refractivity contribution is -0.360. The zero-order chi connectivity index (χ0) is 56.0. The number of hydrogen-bond acceptors (Lipinski definition) is 22. The lowest BCUT2D eigenvalue weighted by Gasteiger charge is -2.49. The average Bonchev–Trinajstić information content (AvgIpc) is 3.40. The fraction of sp³-hybridized carbons (Fsp3) is 0.962. The Kier molecular flexibility index (Phi) is 34.6. The number of phosphoric ester groups is 1. The molecule has 2 aliphatic heterocycles. The van der Waals surface area contributed by atoms with Crippen LogP contribution in [0, 0.1) is 0 Å². The van der Waals surface area contributed by atoms with E-state index in [-0.39, 0.29) is 12.8 Å². The highest BCUT2D eigenvalue weighted by molar-refractivity contribution is 7.47. The Morgan fingerprint density at radius 2 is 0.789 bits per heavy atom. The first-order chi connectivity index (χ1) is 36.4. The molecule has 3 fully saturated rings. The summed E-state index contributed by atoms with van der Waals surface area (Å²) in [6.45, 7) is 0.993. The third kappa shape index (κ3) is 24.3. The van der Waals surface area contributed by atoms with Gasteiger partial charge in [-0.1, -0.05) is 162 Å². The van der Waals surface area contributed by atoms with Gasteiger partial charge in [0.2, 0.25) is 0 Å². The third-order valence-electron chi connectivity index (χ3n) is 14.4. The summed E-state index contributed by atoms with van der Waals surface area (Å²) in [4.78, 5) is 37.4. The summed E-state index contributed by atoms with van der Waals surface area (Å²) in [6, 6.07) is 0. The fourth-order valence-electron chi connectivity index (χ4n) is 9.65. The van der Waals surface area contributed by atoms with Gasteiger partial charge in [-0.05, 0) is 12.8 Å². The first-order valence-corrected chi connectivity index (χ1v) is 29.9. The number of phosphoric acid groups is 1. The molecule has 2 heterocycles. The van der Waals surface area contributed by atoms with Crippen molar-refractivity contribution in [2.45, 2.75) is 291 Å². The van der Waals surface area contributed by atoms with Gasteiger partial charge in [-0.3, -0.25) is 18.6 Å². The molecule has 3 rings (SSSR count). The van der Waals surface area contributed by atoms with Crippen molar-refractivity contribution in [2.24, 2.45) is 0 Å². The Morgan fingerprint density at radius 3 is 1.16 bits per heavy atom. The zero-order valence-electron chi connectivity index (χ0n) is 45.0. The van der Waals surface area contributed by atoms with Gasteiger partial charge >= 0.3 is 19.8 Å². The van der Waals surface area contributed by atoms with Crippen LogP contribution in [0.2, 0.25) is 0 Å². The summed E-state index contributed by atoms with van der Waals surface area (Å²) in [7, 11) is -5.62. The number of unbranched alkanes of at least 4 members (excludes halogenated alkanes) is 23. The summed E-state index contributed by atoms with van der Waals surface area (Å²) in [5, 5.41) is 116. The monoisotopic (exact) mass is 1120 g/mol. The number of esters is 2. The Morgan fingerprint density at radius 1 is 0.447 bits per heavy atom. The van der Waals surface area contributed by atoms with Crippen LogP contribution in [0.25, 0.3) is 0 Å². The molecule has 0 amide bonds. The second-order valence-electron chi connectivity index (χ2n) is 20.8. The molecule has 448 valence electrons. The van der Waals surface area contributed by atoms with Crippen molar-refractivity contribution in [1.29, 1.82) is 0 Å². The molecule has 1 saturated carbocycles. The van der Waals surface area contributed by atoms with Crippen molar-refractivity contribution >= 4 is 19.8 Å². The molecule has 1 aliphatic carbocycles. The van der Waals surface area contributed by atoms with E-state index in [1.807, 2.05) is 0 Å². The van der Waals surface area contributed by atoms with Crippen molar-refractivity contribution in [2.75, 3.05) is 26.4 Å². The van der Waals surface area contributed by atoms with Crippen LogP contribution in [0.4, 0.5) is 0 Å². The second kappa shape index (κ2) is 38.2. The highest BCUT2D eigenvalue weighted by Crippen LogP contribution is 2.49. The predicted molar refractivity (Wildman–Crippen MR) is 273 cm³/mol. The van der Waals surface area contributed by atoms with E-state index in [2.05, 4.69) is 13.8 Å². The number of aliphatic hydroxyl groups is 11. The van der Waals surface area contributed by atoms with Crippen molar-refractivity contribution in [3.05, 3.63) is 0 Å². The summed E-state index contributed by atoms with van der Waals surface area (Å²) >= 11 is 0. The lowest BCUT2D eigenvalue weighted by atomic mass is 9.84. The number of aliphatic hydroxyl groups excluding tert-OH is 11. The molecule has 23 nitrogen and oxygen atoms in total. The summed E-state index contributed by atoms with van der Waals surface area (Å²) in [5.41, 5.74) is 0. The SMILES string of the molecule is CCCCCCCCCCCCCCCCC(=O)OC(COC(=O)CCCCCCCCCCCCC)COP(=O)(O)OC1C(OC2OC(CO)C(O)C(O)C2O)C(O)C(O)C(O)C1OC1OC(CO)C(O)C(O)C1O. The minimum atomic E-state index is -5.62. The number of ether oxygens (including phenoxy) is 6. The Bertz CT molecular complexity index is 1530. The zero-order valence-corrected chi connectivity index (χ0v) is 45.9. The van der Waals surface area contributed by atoms with Crippen LogP contribution >= 0.6 is 7.82 Å². The minimum Gasteiger partial charge on any atom is -0.462 e. The summed E-state index contributed by atoms with van der Waals surface area (Å²) in [5.74, 6) is -1.33. The highest BCUT2D eigenvalue weighted by atomic mass is 31.2. The van der Waals surface area contributed by atoms with Gasteiger partial charge in [-0.2, -0.15) is 0 Å². The van der Waals surface area contributed by atoms with Crippen LogP contribution in [-0.4, -0.2) is 204 Å². The molecular weight excluding hydrogens is 1020 g/mol. The standard InChI is InChI=1S/C52H97O23P/c1-3-5-7-9-11-13-15-16-17-19-21-23-25-27-29-38(56)70-34(32-68-37(55)28-26-24-22-20-18-14-12-10-8-6-4-2)33-69-76(66,67)75-50-48(73-51-46(64)41(59)39(57)35(30-53)71-51)44(62)43(61)45(63)49(50)74-52-47(65)42(60)40(58)36(31-54)72-52/h34-36,39-54,57-65H,3-33H2,1-2H3,(H,66,67). The van der Waals surface area contributed by atoms with Gasteiger partial charge < -0.3 is 89.5 Å². The molecule has 2 saturated heterocycles. The van der Waals surface area contributed by atoms with E-state index in [0.717, 1.165) is 57.8 Å². The van der Waals surface area contributed by atoms with E-state index in [1.165, 1.54) is 89.9 Å². The lowest BCUT2D eigenvalue weighted by Crippen LogP contribution is -2.69. The number of rotatable bonds is 41. The number of hydrogen-bond donors (Lipinski definition) is 12.